The Bertz CT molecular complexity index is 644. The molecule has 6 heteroatoms. The number of benzene rings is 1. The number of sulfone groups is 1. The molecule has 5 nitrogen and oxygen atoms in total. The summed E-state index contributed by atoms with van der Waals surface area (Å²) in [7, 11) is -3.06. The largest absolute Gasteiger partial charge is 0.484 e. The van der Waals surface area contributed by atoms with Gasteiger partial charge in [-0.25, -0.2) is 8.42 Å². The molecule has 134 valence electrons. The van der Waals surface area contributed by atoms with Gasteiger partial charge in [0.1, 0.15) is 5.75 Å². The fraction of sp³-hybridized carbons (Fsp3) is 0.611. The van der Waals surface area contributed by atoms with Crippen molar-refractivity contribution >= 4 is 15.7 Å². The number of hydrogen-bond acceptors (Lipinski definition) is 4. The molecular formula is C18H27NO4S. The highest BCUT2D eigenvalue weighted by atomic mass is 32.2. The first-order valence-electron chi connectivity index (χ1n) is 8.47. The Balaban J connectivity index is 1.81. The number of amides is 1. The van der Waals surface area contributed by atoms with Crippen LogP contribution in [0.15, 0.2) is 24.3 Å². The molecule has 1 aromatic rings. The number of likely N-dealkylation sites (tertiary alicyclic amines) is 1. The van der Waals surface area contributed by atoms with E-state index in [1.54, 1.807) is 4.90 Å². The SMILES string of the molecule is Cc1ccc(OCC(=O)N2CCC(S(=O)(=O)CC(C)C)CC2)cc1. The molecule has 0 unspecified atom stereocenters. The number of carbonyl (C=O) groups excluding carboxylic acids is 1. The van der Waals surface area contributed by atoms with Gasteiger partial charge in [-0.1, -0.05) is 31.5 Å². The predicted molar refractivity (Wildman–Crippen MR) is 94.9 cm³/mol. The first kappa shape index (κ1) is 18.8. The van der Waals surface area contributed by atoms with Crippen LogP contribution in [0.2, 0.25) is 0 Å². The summed E-state index contributed by atoms with van der Waals surface area (Å²) < 4.78 is 30.1. The van der Waals surface area contributed by atoms with Crippen LogP contribution < -0.4 is 4.74 Å². The van der Waals surface area contributed by atoms with Crippen molar-refractivity contribution < 1.29 is 17.9 Å². The Morgan fingerprint density at radius 2 is 1.79 bits per heavy atom. The van der Waals surface area contributed by atoms with Crippen LogP contribution in [0.3, 0.4) is 0 Å². The minimum absolute atomic E-state index is 0.00747. The summed E-state index contributed by atoms with van der Waals surface area (Å²) in [6.45, 7) is 6.78. The minimum atomic E-state index is -3.06. The van der Waals surface area contributed by atoms with Crippen LogP contribution in [-0.4, -0.2) is 49.9 Å². The third kappa shape index (κ3) is 5.23. The summed E-state index contributed by atoms with van der Waals surface area (Å²) in [5.41, 5.74) is 1.14. The molecule has 0 bridgehead atoms. The lowest BCUT2D eigenvalue weighted by Crippen LogP contribution is -2.45. The van der Waals surface area contributed by atoms with Crippen molar-refractivity contribution in [1.82, 2.24) is 4.90 Å². The molecule has 0 aliphatic carbocycles. The zero-order valence-corrected chi connectivity index (χ0v) is 15.5. The van der Waals surface area contributed by atoms with Crippen LogP contribution in [0.1, 0.15) is 32.3 Å². The lowest BCUT2D eigenvalue weighted by Gasteiger charge is -2.32. The minimum Gasteiger partial charge on any atom is -0.484 e. The molecule has 2 rings (SSSR count). The van der Waals surface area contributed by atoms with Gasteiger partial charge in [-0.15, -0.1) is 0 Å². The molecule has 0 spiro atoms. The smallest absolute Gasteiger partial charge is 0.260 e. The van der Waals surface area contributed by atoms with Crippen molar-refractivity contribution in [2.45, 2.75) is 38.9 Å². The molecule has 1 aromatic carbocycles. The second kappa shape index (κ2) is 8.01. The van der Waals surface area contributed by atoms with Crippen LogP contribution in [0.25, 0.3) is 0 Å². The first-order valence-corrected chi connectivity index (χ1v) is 10.2. The van der Waals surface area contributed by atoms with Crippen molar-refractivity contribution in [2.75, 3.05) is 25.4 Å². The van der Waals surface area contributed by atoms with E-state index in [1.165, 1.54) is 0 Å². The third-order valence-electron chi connectivity index (χ3n) is 4.25. The van der Waals surface area contributed by atoms with Gasteiger partial charge < -0.3 is 9.64 Å². The summed E-state index contributed by atoms with van der Waals surface area (Å²) in [6.07, 6.45) is 1.04. The van der Waals surface area contributed by atoms with Gasteiger partial charge in [0.2, 0.25) is 0 Å². The van der Waals surface area contributed by atoms with Crippen LogP contribution in [0, 0.1) is 12.8 Å². The molecule has 1 aliphatic rings. The number of carbonyl (C=O) groups is 1. The van der Waals surface area contributed by atoms with Crippen LogP contribution in [0.5, 0.6) is 5.75 Å². The van der Waals surface area contributed by atoms with Crippen LogP contribution >= 0.6 is 0 Å². The summed E-state index contributed by atoms with van der Waals surface area (Å²) in [5, 5.41) is -0.318. The number of piperidine rings is 1. The van der Waals surface area contributed by atoms with Crippen LogP contribution in [-0.2, 0) is 14.6 Å². The Kier molecular flexibility index (Phi) is 6.27. The van der Waals surface area contributed by atoms with Gasteiger partial charge in [-0.3, -0.25) is 4.79 Å². The molecule has 1 fully saturated rings. The van der Waals surface area contributed by atoms with E-state index in [-0.39, 0.29) is 29.4 Å². The number of ether oxygens (including phenoxy) is 1. The standard InChI is InChI=1S/C18H27NO4S/c1-14(2)13-24(21,22)17-8-10-19(11-9-17)18(20)12-23-16-6-4-15(3)5-7-16/h4-7,14,17H,8-13H2,1-3H3. The fourth-order valence-electron chi connectivity index (χ4n) is 2.94. The molecule has 0 radical (unpaired) electrons. The lowest BCUT2D eigenvalue weighted by molar-refractivity contribution is -0.134. The Hall–Kier alpha value is -1.56. The van der Waals surface area contributed by atoms with Crippen molar-refractivity contribution in [2.24, 2.45) is 5.92 Å². The Morgan fingerprint density at radius 1 is 1.21 bits per heavy atom. The molecular weight excluding hydrogens is 326 g/mol. The van der Waals surface area contributed by atoms with E-state index in [4.69, 9.17) is 4.74 Å². The van der Waals surface area contributed by atoms with Gasteiger partial charge >= 0.3 is 0 Å². The van der Waals surface area contributed by atoms with Crippen molar-refractivity contribution in [1.29, 1.82) is 0 Å². The van der Waals surface area contributed by atoms with Gasteiger partial charge in [0.05, 0.1) is 11.0 Å². The number of nitrogens with zero attached hydrogens (tertiary/aromatic N) is 1. The number of hydrogen-bond donors (Lipinski definition) is 0. The van der Waals surface area contributed by atoms with Gasteiger partial charge in [-0.2, -0.15) is 0 Å². The van der Waals surface area contributed by atoms with Crippen molar-refractivity contribution in [3.8, 4) is 5.75 Å². The molecule has 1 amide bonds. The lowest BCUT2D eigenvalue weighted by atomic mass is 10.1. The van der Waals surface area contributed by atoms with E-state index < -0.39 is 9.84 Å². The summed E-state index contributed by atoms with van der Waals surface area (Å²) >= 11 is 0. The van der Waals surface area contributed by atoms with E-state index in [9.17, 15) is 13.2 Å². The molecule has 1 aliphatic heterocycles. The van der Waals surface area contributed by atoms with Gasteiger partial charge in [0.25, 0.3) is 5.91 Å². The van der Waals surface area contributed by atoms with E-state index in [2.05, 4.69) is 0 Å². The highest BCUT2D eigenvalue weighted by Crippen LogP contribution is 2.20. The zero-order valence-electron chi connectivity index (χ0n) is 14.7. The normalized spacial score (nSPS) is 16.4. The third-order valence-corrected chi connectivity index (χ3v) is 6.87. The average Bonchev–Trinajstić information content (AvgIpc) is 2.53. The Morgan fingerprint density at radius 3 is 2.33 bits per heavy atom. The monoisotopic (exact) mass is 353 g/mol. The summed E-state index contributed by atoms with van der Waals surface area (Å²) in [6, 6.07) is 7.55. The summed E-state index contributed by atoms with van der Waals surface area (Å²) in [5.74, 6) is 0.943. The maximum absolute atomic E-state index is 12.3. The first-order chi connectivity index (χ1) is 11.3. The number of aryl methyl sites for hydroxylation is 1. The van der Waals surface area contributed by atoms with Gasteiger partial charge in [0.15, 0.2) is 16.4 Å². The fourth-order valence-corrected chi connectivity index (χ4v) is 5.07. The molecule has 0 N–H and O–H groups in total. The van der Waals surface area contributed by atoms with E-state index in [0.29, 0.717) is 31.7 Å². The maximum atomic E-state index is 12.3. The predicted octanol–water partition coefficient (Wildman–Crippen LogP) is 2.44. The molecule has 0 aromatic heterocycles. The Labute approximate surface area is 144 Å². The van der Waals surface area contributed by atoms with E-state index in [0.717, 1.165) is 5.56 Å². The molecule has 0 saturated carbocycles. The maximum Gasteiger partial charge on any atom is 0.260 e. The number of rotatable bonds is 6. The second-order valence-electron chi connectivity index (χ2n) is 6.91. The highest BCUT2D eigenvalue weighted by Gasteiger charge is 2.31. The molecule has 1 heterocycles. The van der Waals surface area contributed by atoms with Crippen molar-refractivity contribution in [3.63, 3.8) is 0 Å². The van der Waals surface area contributed by atoms with E-state index in [1.807, 2.05) is 45.0 Å². The molecule has 24 heavy (non-hydrogen) atoms. The molecule has 1 saturated heterocycles. The van der Waals surface area contributed by atoms with Gasteiger partial charge in [-0.05, 0) is 37.8 Å². The van der Waals surface area contributed by atoms with E-state index >= 15 is 0 Å². The quantitative estimate of drug-likeness (QED) is 0.788. The summed E-state index contributed by atoms with van der Waals surface area (Å²) in [4.78, 5) is 13.9. The topological polar surface area (TPSA) is 63.7 Å². The van der Waals surface area contributed by atoms with Gasteiger partial charge in [0, 0.05) is 13.1 Å². The highest BCUT2D eigenvalue weighted by molar-refractivity contribution is 7.92. The second-order valence-corrected chi connectivity index (χ2v) is 9.23. The van der Waals surface area contributed by atoms with Crippen molar-refractivity contribution in [3.05, 3.63) is 29.8 Å². The van der Waals surface area contributed by atoms with Crippen LogP contribution in [0.4, 0.5) is 0 Å². The average molecular weight is 353 g/mol. The zero-order chi connectivity index (χ0) is 17.7. The molecule has 0 atom stereocenters.